The molecule has 8 heteroatoms. The predicted molar refractivity (Wildman–Crippen MR) is 128 cm³/mol. The number of para-hydroxylation sites is 1. The zero-order valence-corrected chi connectivity index (χ0v) is 18.1. The van der Waals surface area contributed by atoms with Crippen molar-refractivity contribution in [3.8, 4) is 5.69 Å². The first-order chi connectivity index (χ1) is 14.6. The molecule has 1 atom stereocenters. The highest BCUT2D eigenvalue weighted by atomic mass is 32.1. The van der Waals surface area contributed by atoms with E-state index in [2.05, 4.69) is 31.3 Å². The molecule has 0 aliphatic heterocycles. The SMILES string of the molecule is Cc1cccc2cc([C@H](C)Nc3ncnc4nc[nH]c34)n(-c3ccccc3)c(=O)c12.S. The fraction of sp³-hybridized carbons (Fsp3) is 0.130. The second-order valence-corrected chi connectivity index (χ2v) is 7.27. The quantitative estimate of drug-likeness (QED) is 0.445. The van der Waals surface area contributed by atoms with E-state index < -0.39 is 0 Å². The highest BCUT2D eigenvalue weighted by Gasteiger charge is 2.18. The molecule has 2 aromatic carbocycles. The molecule has 2 N–H and O–H groups in total. The molecule has 3 aromatic heterocycles. The van der Waals surface area contributed by atoms with Crippen molar-refractivity contribution in [3.05, 3.63) is 88.9 Å². The highest BCUT2D eigenvalue weighted by molar-refractivity contribution is 7.59. The summed E-state index contributed by atoms with van der Waals surface area (Å²) in [6, 6.07) is 17.5. The largest absolute Gasteiger partial charge is 0.360 e. The van der Waals surface area contributed by atoms with Crippen LogP contribution in [-0.4, -0.2) is 24.5 Å². The Balaban J connectivity index is 0.00000231. The van der Waals surface area contributed by atoms with Crippen LogP contribution >= 0.6 is 13.5 Å². The van der Waals surface area contributed by atoms with Crippen molar-refractivity contribution in [1.82, 2.24) is 24.5 Å². The lowest BCUT2D eigenvalue weighted by atomic mass is 10.0. The first-order valence-corrected chi connectivity index (χ1v) is 9.75. The van der Waals surface area contributed by atoms with Gasteiger partial charge in [-0.05, 0) is 43.0 Å². The Morgan fingerprint density at radius 1 is 1.03 bits per heavy atom. The van der Waals surface area contributed by atoms with E-state index in [-0.39, 0.29) is 25.1 Å². The number of nitrogens with one attached hydrogen (secondary N) is 2. The van der Waals surface area contributed by atoms with Crippen LogP contribution in [0.2, 0.25) is 0 Å². The van der Waals surface area contributed by atoms with Gasteiger partial charge in [0, 0.05) is 11.4 Å². The van der Waals surface area contributed by atoms with Gasteiger partial charge in [-0.15, -0.1) is 0 Å². The number of hydrogen-bond donors (Lipinski definition) is 2. The molecule has 0 radical (unpaired) electrons. The first-order valence-electron chi connectivity index (χ1n) is 9.75. The molecule has 0 spiro atoms. The number of hydrogen-bond acceptors (Lipinski definition) is 5. The topological polar surface area (TPSA) is 88.5 Å². The molecule has 5 aromatic rings. The average Bonchev–Trinajstić information content (AvgIpc) is 3.24. The van der Waals surface area contributed by atoms with Crippen LogP contribution in [0.15, 0.2) is 72.0 Å². The lowest BCUT2D eigenvalue weighted by Gasteiger charge is -2.21. The van der Waals surface area contributed by atoms with E-state index in [0.717, 1.165) is 33.2 Å². The van der Waals surface area contributed by atoms with Crippen LogP contribution in [0.5, 0.6) is 0 Å². The van der Waals surface area contributed by atoms with Crippen LogP contribution in [0, 0.1) is 6.92 Å². The molecule has 0 amide bonds. The lowest BCUT2D eigenvalue weighted by Crippen LogP contribution is -2.26. The average molecular weight is 431 g/mol. The van der Waals surface area contributed by atoms with Crippen molar-refractivity contribution in [2.45, 2.75) is 19.9 Å². The molecule has 156 valence electrons. The summed E-state index contributed by atoms with van der Waals surface area (Å²) in [5.74, 6) is 0.640. The molecule has 0 unspecified atom stereocenters. The monoisotopic (exact) mass is 430 g/mol. The first kappa shape index (κ1) is 20.6. The Kier molecular flexibility index (Phi) is 5.48. The number of benzene rings is 2. The third-order valence-electron chi connectivity index (χ3n) is 5.32. The van der Waals surface area contributed by atoms with Crippen LogP contribution in [0.3, 0.4) is 0 Å². The number of fused-ring (bicyclic) bond motifs is 2. The minimum Gasteiger partial charge on any atom is -0.360 e. The van der Waals surface area contributed by atoms with E-state index >= 15 is 0 Å². The van der Waals surface area contributed by atoms with E-state index in [4.69, 9.17) is 0 Å². The Morgan fingerprint density at radius 2 is 1.84 bits per heavy atom. The minimum absolute atomic E-state index is 0. The van der Waals surface area contributed by atoms with Gasteiger partial charge in [-0.25, -0.2) is 15.0 Å². The summed E-state index contributed by atoms with van der Waals surface area (Å²) in [7, 11) is 0. The van der Waals surface area contributed by atoms with E-state index in [1.807, 2.05) is 62.4 Å². The molecule has 3 heterocycles. The van der Waals surface area contributed by atoms with Gasteiger partial charge in [0.05, 0.1) is 17.8 Å². The number of pyridine rings is 1. The van der Waals surface area contributed by atoms with Gasteiger partial charge in [-0.3, -0.25) is 9.36 Å². The van der Waals surface area contributed by atoms with Crippen molar-refractivity contribution in [2.24, 2.45) is 0 Å². The normalized spacial score (nSPS) is 11.9. The van der Waals surface area contributed by atoms with Gasteiger partial charge in [0.1, 0.15) is 11.8 Å². The van der Waals surface area contributed by atoms with Gasteiger partial charge in [0.15, 0.2) is 11.5 Å². The molecule has 0 bridgehead atoms. The van der Waals surface area contributed by atoms with Crippen molar-refractivity contribution in [2.75, 3.05) is 5.32 Å². The van der Waals surface area contributed by atoms with E-state index in [0.29, 0.717) is 11.5 Å². The maximum Gasteiger partial charge on any atom is 0.263 e. The zero-order chi connectivity index (χ0) is 20.7. The standard InChI is InChI=1S/C23H20N6O.H2S/c1-14-7-6-8-16-11-18(29(23(30)19(14)16)17-9-4-3-5-10-17)15(2)28-22-20-21(25-12-24-20)26-13-27-22;/h3-13,15H,1-2H3,(H2,24,25,26,27,28);1H2/t15-;/m0./s1. The van der Waals surface area contributed by atoms with Gasteiger partial charge in [-0.1, -0.05) is 36.4 Å². The Hall–Kier alpha value is -3.65. The number of imidazole rings is 1. The molecule has 0 aliphatic carbocycles. The molecular weight excluding hydrogens is 408 g/mol. The maximum atomic E-state index is 13.6. The van der Waals surface area contributed by atoms with Crippen molar-refractivity contribution in [3.63, 3.8) is 0 Å². The number of H-pyrrole nitrogens is 1. The Labute approximate surface area is 185 Å². The van der Waals surface area contributed by atoms with Crippen molar-refractivity contribution < 1.29 is 0 Å². The number of rotatable bonds is 4. The lowest BCUT2D eigenvalue weighted by molar-refractivity contribution is 0.774. The van der Waals surface area contributed by atoms with Crippen LogP contribution < -0.4 is 10.9 Å². The van der Waals surface area contributed by atoms with Crippen LogP contribution in [-0.2, 0) is 0 Å². The third kappa shape index (κ3) is 3.55. The fourth-order valence-corrected chi connectivity index (χ4v) is 3.87. The second-order valence-electron chi connectivity index (χ2n) is 7.27. The number of nitrogens with zero attached hydrogens (tertiary/aromatic N) is 4. The Morgan fingerprint density at radius 3 is 2.65 bits per heavy atom. The summed E-state index contributed by atoms with van der Waals surface area (Å²) in [6.07, 6.45) is 3.07. The molecule has 7 nitrogen and oxygen atoms in total. The molecule has 0 saturated heterocycles. The number of aromatic amines is 1. The predicted octanol–water partition coefficient (Wildman–Crippen LogP) is 4.25. The summed E-state index contributed by atoms with van der Waals surface area (Å²) >= 11 is 0. The number of anilines is 1. The summed E-state index contributed by atoms with van der Waals surface area (Å²) in [5.41, 5.74) is 3.92. The second kappa shape index (κ2) is 8.23. The molecule has 0 aliphatic rings. The van der Waals surface area contributed by atoms with Crippen LogP contribution in [0.1, 0.15) is 24.2 Å². The molecule has 5 rings (SSSR count). The highest BCUT2D eigenvalue weighted by Crippen LogP contribution is 2.26. The smallest absolute Gasteiger partial charge is 0.263 e. The summed E-state index contributed by atoms with van der Waals surface area (Å²) in [6.45, 7) is 3.98. The van der Waals surface area contributed by atoms with E-state index in [1.165, 1.54) is 6.33 Å². The third-order valence-corrected chi connectivity index (χ3v) is 5.32. The summed E-state index contributed by atoms with van der Waals surface area (Å²) < 4.78 is 1.78. The van der Waals surface area contributed by atoms with E-state index in [9.17, 15) is 4.79 Å². The van der Waals surface area contributed by atoms with Gasteiger partial charge in [0.2, 0.25) is 0 Å². The van der Waals surface area contributed by atoms with Crippen molar-refractivity contribution in [1.29, 1.82) is 0 Å². The number of aromatic nitrogens is 5. The molecule has 0 saturated carbocycles. The van der Waals surface area contributed by atoms with E-state index in [1.54, 1.807) is 10.9 Å². The molecule has 31 heavy (non-hydrogen) atoms. The van der Waals surface area contributed by atoms with Gasteiger partial charge in [0.25, 0.3) is 5.56 Å². The number of aryl methyl sites for hydroxylation is 1. The van der Waals surface area contributed by atoms with Crippen molar-refractivity contribution >= 4 is 41.2 Å². The Bertz CT molecular complexity index is 1430. The molecule has 0 fully saturated rings. The van der Waals surface area contributed by atoms with Gasteiger partial charge < -0.3 is 10.3 Å². The fourth-order valence-electron chi connectivity index (χ4n) is 3.87. The van der Waals surface area contributed by atoms with Crippen LogP contribution in [0.25, 0.3) is 27.6 Å². The molecular formula is C23H22N6OS. The van der Waals surface area contributed by atoms with Gasteiger partial charge >= 0.3 is 0 Å². The summed E-state index contributed by atoms with van der Waals surface area (Å²) in [5, 5.41) is 5.08. The maximum absolute atomic E-state index is 13.6. The van der Waals surface area contributed by atoms with Gasteiger partial charge in [-0.2, -0.15) is 13.5 Å². The van der Waals surface area contributed by atoms with Crippen LogP contribution in [0.4, 0.5) is 5.82 Å². The zero-order valence-electron chi connectivity index (χ0n) is 17.1. The summed E-state index contributed by atoms with van der Waals surface area (Å²) in [4.78, 5) is 29.4. The minimum atomic E-state index is -0.204.